The van der Waals surface area contributed by atoms with Crippen molar-refractivity contribution in [2.75, 3.05) is 6.61 Å². The summed E-state index contributed by atoms with van der Waals surface area (Å²) in [4.78, 5) is 7.67. The van der Waals surface area contributed by atoms with Crippen molar-refractivity contribution >= 4 is 10.0 Å². The molecule has 0 saturated heterocycles. The van der Waals surface area contributed by atoms with Crippen molar-refractivity contribution in [2.24, 2.45) is 0 Å². The fourth-order valence-electron chi connectivity index (χ4n) is 2.09. The van der Waals surface area contributed by atoms with Crippen LogP contribution in [0.1, 0.15) is 0 Å². The highest BCUT2D eigenvalue weighted by atomic mass is 32.2. The zero-order valence-corrected chi connectivity index (χ0v) is 12.0. The highest BCUT2D eigenvalue weighted by Crippen LogP contribution is 2.27. The number of nitrogens with zero attached hydrogens (tertiary/aromatic N) is 1. The monoisotopic (exact) mass is 302 g/mol. The third kappa shape index (κ3) is 2.97. The molecule has 0 bridgehead atoms. The second-order valence-electron chi connectivity index (χ2n) is 4.46. The summed E-state index contributed by atoms with van der Waals surface area (Å²) in [5.74, 6) is 0. The minimum atomic E-state index is -3.72. The van der Waals surface area contributed by atoms with Crippen molar-refractivity contribution in [3.8, 4) is 11.1 Å². The summed E-state index contributed by atoms with van der Waals surface area (Å²) in [6.07, 6.45) is 3.24. The van der Waals surface area contributed by atoms with Gasteiger partial charge in [-0.1, -0.05) is 53.4 Å². The Balaban J connectivity index is 2.00. The highest BCUT2D eigenvalue weighted by molar-refractivity contribution is 7.89. The van der Waals surface area contributed by atoms with Crippen LogP contribution in [0.4, 0.5) is 0 Å². The average Bonchev–Trinajstić information content (AvgIpc) is 3.00. The molecule has 21 heavy (non-hydrogen) atoms. The number of hydroxylamine groups is 1. The SMILES string of the molecule is O=S(=O)(NN1C=CCO1)c1ccccc1-c1ccccc1. The molecule has 1 N–H and O–H groups in total. The van der Waals surface area contributed by atoms with Gasteiger partial charge < -0.3 is 0 Å². The molecular weight excluding hydrogens is 288 g/mol. The predicted molar refractivity (Wildman–Crippen MR) is 79.1 cm³/mol. The molecule has 2 aromatic rings. The normalized spacial score (nSPS) is 14.6. The molecule has 0 aromatic heterocycles. The van der Waals surface area contributed by atoms with E-state index in [4.69, 9.17) is 4.84 Å². The molecule has 1 aliphatic heterocycles. The second kappa shape index (κ2) is 5.69. The lowest BCUT2D eigenvalue weighted by molar-refractivity contribution is -0.109. The third-order valence-electron chi connectivity index (χ3n) is 3.02. The fourth-order valence-corrected chi connectivity index (χ4v) is 3.27. The van der Waals surface area contributed by atoms with Gasteiger partial charge in [-0.2, -0.15) is 5.17 Å². The lowest BCUT2D eigenvalue weighted by atomic mass is 10.1. The number of hydrogen-bond acceptors (Lipinski definition) is 4. The van der Waals surface area contributed by atoms with Gasteiger partial charge in [0, 0.05) is 11.8 Å². The Kier molecular flexibility index (Phi) is 3.74. The Morgan fingerprint density at radius 3 is 2.43 bits per heavy atom. The smallest absolute Gasteiger partial charge is 0.253 e. The molecule has 5 nitrogen and oxygen atoms in total. The maximum absolute atomic E-state index is 12.5. The van der Waals surface area contributed by atoms with Crippen LogP contribution in [-0.4, -0.2) is 20.2 Å². The molecule has 108 valence electrons. The van der Waals surface area contributed by atoms with E-state index in [1.165, 1.54) is 6.20 Å². The van der Waals surface area contributed by atoms with Crippen molar-refractivity contribution < 1.29 is 13.3 Å². The van der Waals surface area contributed by atoms with Crippen molar-refractivity contribution in [3.05, 3.63) is 66.9 Å². The highest BCUT2D eigenvalue weighted by Gasteiger charge is 2.22. The topological polar surface area (TPSA) is 58.6 Å². The molecule has 1 aliphatic rings. The standard InChI is InChI=1S/C15H14N2O3S/c18-21(19,16-17-11-6-12-20-17)15-10-5-4-9-14(15)13-7-2-1-3-8-13/h1-11,16H,12H2. The van der Waals surface area contributed by atoms with Gasteiger partial charge in [0.1, 0.15) is 0 Å². The molecule has 0 amide bonds. The number of hydrogen-bond donors (Lipinski definition) is 1. The number of rotatable bonds is 4. The van der Waals surface area contributed by atoms with E-state index in [2.05, 4.69) is 4.83 Å². The van der Waals surface area contributed by atoms with E-state index in [1.54, 1.807) is 24.3 Å². The first-order valence-corrected chi connectivity index (χ1v) is 7.91. The molecule has 6 heteroatoms. The lowest BCUT2D eigenvalue weighted by Crippen LogP contribution is -2.36. The molecule has 3 rings (SSSR count). The van der Waals surface area contributed by atoms with Crippen LogP contribution in [0.15, 0.2) is 71.8 Å². The minimum absolute atomic E-state index is 0.208. The molecule has 0 fully saturated rings. The summed E-state index contributed by atoms with van der Waals surface area (Å²) in [7, 11) is -3.72. The first-order chi connectivity index (χ1) is 10.2. The molecule has 0 saturated carbocycles. The van der Waals surface area contributed by atoms with Crippen LogP contribution in [0, 0.1) is 0 Å². The van der Waals surface area contributed by atoms with Crippen molar-refractivity contribution in [1.82, 2.24) is 10.0 Å². The van der Waals surface area contributed by atoms with Crippen LogP contribution in [0.2, 0.25) is 0 Å². The molecule has 0 unspecified atom stereocenters. The molecule has 0 spiro atoms. The van der Waals surface area contributed by atoms with Crippen LogP contribution in [0.25, 0.3) is 11.1 Å². The van der Waals surface area contributed by atoms with Crippen LogP contribution < -0.4 is 4.83 Å². The van der Waals surface area contributed by atoms with E-state index in [-0.39, 0.29) is 4.90 Å². The van der Waals surface area contributed by atoms with E-state index in [0.717, 1.165) is 10.7 Å². The Morgan fingerprint density at radius 1 is 1.00 bits per heavy atom. The van der Waals surface area contributed by atoms with Gasteiger partial charge in [-0.15, -0.1) is 0 Å². The maximum Gasteiger partial charge on any atom is 0.260 e. The van der Waals surface area contributed by atoms with E-state index < -0.39 is 10.0 Å². The summed E-state index contributed by atoms with van der Waals surface area (Å²) in [5.41, 5.74) is 1.49. The summed E-state index contributed by atoms with van der Waals surface area (Å²) < 4.78 is 25.0. The van der Waals surface area contributed by atoms with E-state index in [0.29, 0.717) is 12.2 Å². The Bertz CT molecular complexity index is 757. The second-order valence-corrected chi connectivity index (χ2v) is 6.09. The molecule has 0 atom stereocenters. The number of nitrogens with one attached hydrogen (secondary N) is 1. The maximum atomic E-state index is 12.5. The first-order valence-electron chi connectivity index (χ1n) is 6.42. The number of hydrazine groups is 1. The quantitative estimate of drug-likeness (QED) is 0.941. The van der Waals surface area contributed by atoms with Gasteiger partial charge >= 0.3 is 0 Å². The molecule has 0 radical (unpaired) electrons. The Hall–Kier alpha value is -2.15. The molecular formula is C15H14N2O3S. The van der Waals surface area contributed by atoms with E-state index >= 15 is 0 Å². The van der Waals surface area contributed by atoms with Crippen molar-refractivity contribution in [3.63, 3.8) is 0 Å². The number of sulfonamides is 1. The van der Waals surface area contributed by atoms with Crippen LogP contribution >= 0.6 is 0 Å². The summed E-state index contributed by atoms with van der Waals surface area (Å²) in [6, 6.07) is 16.3. The lowest BCUT2D eigenvalue weighted by Gasteiger charge is -2.17. The summed E-state index contributed by atoms with van der Waals surface area (Å²) in [6.45, 7) is 0.350. The predicted octanol–water partition coefficient (Wildman–Crippen LogP) is 2.31. The van der Waals surface area contributed by atoms with Gasteiger partial charge in [0.25, 0.3) is 10.0 Å². The van der Waals surface area contributed by atoms with Gasteiger partial charge in [-0.3, -0.25) is 4.84 Å². The van der Waals surface area contributed by atoms with Crippen molar-refractivity contribution in [1.29, 1.82) is 0 Å². The van der Waals surface area contributed by atoms with Gasteiger partial charge in [-0.05, 0) is 17.7 Å². The van der Waals surface area contributed by atoms with Gasteiger partial charge in [0.2, 0.25) is 0 Å². The van der Waals surface area contributed by atoms with Crippen LogP contribution in [-0.2, 0) is 14.9 Å². The van der Waals surface area contributed by atoms with Gasteiger partial charge in [-0.25, -0.2) is 8.42 Å². The van der Waals surface area contributed by atoms with E-state index in [1.807, 2.05) is 36.4 Å². The fraction of sp³-hybridized carbons (Fsp3) is 0.0667. The molecule has 1 heterocycles. The largest absolute Gasteiger partial charge is 0.260 e. The third-order valence-corrected chi connectivity index (χ3v) is 4.38. The zero-order valence-electron chi connectivity index (χ0n) is 11.1. The average molecular weight is 302 g/mol. The Morgan fingerprint density at radius 2 is 1.71 bits per heavy atom. The number of benzene rings is 2. The molecule has 0 aliphatic carbocycles. The van der Waals surface area contributed by atoms with Crippen LogP contribution in [0.5, 0.6) is 0 Å². The van der Waals surface area contributed by atoms with Crippen molar-refractivity contribution in [2.45, 2.75) is 4.90 Å². The minimum Gasteiger partial charge on any atom is -0.253 e. The summed E-state index contributed by atoms with van der Waals surface area (Å²) >= 11 is 0. The molecule has 2 aromatic carbocycles. The zero-order chi connectivity index (χ0) is 14.7. The first kappa shape index (κ1) is 13.8. The van der Waals surface area contributed by atoms with Crippen LogP contribution in [0.3, 0.4) is 0 Å². The van der Waals surface area contributed by atoms with Gasteiger partial charge in [0.05, 0.1) is 11.5 Å². The summed E-state index contributed by atoms with van der Waals surface area (Å²) in [5, 5.41) is 1.09. The van der Waals surface area contributed by atoms with Gasteiger partial charge in [0.15, 0.2) is 0 Å². The Labute approximate surface area is 123 Å². The van der Waals surface area contributed by atoms with E-state index in [9.17, 15) is 8.42 Å².